The molecule has 0 aliphatic rings. The Kier molecular flexibility index (Phi) is 6.06. The number of carboxylic acid groups (broad SMARTS) is 2. The monoisotopic (exact) mass is 308 g/mol. The van der Waals surface area contributed by atoms with E-state index in [1.807, 2.05) is 19.9 Å². The molecule has 1 rings (SSSR count). The van der Waals surface area contributed by atoms with Crippen molar-refractivity contribution in [3.63, 3.8) is 0 Å². The Morgan fingerprint density at radius 1 is 1.09 bits per heavy atom. The molecule has 22 heavy (non-hydrogen) atoms. The molecule has 120 valence electrons. The molecule has 0 aromatic heterocycles. The topological polar surface area (TPSA) is 107 Å². The van der Waals surface area contributed by atoms with Crippen LogP contribution in [0.25, 0.3) is 0 Å². The predicted octanol–water partition coefficient (Wildman–Crippen LogP) is 1.10. The van der Waals surface area contributed by atoms with Gasteiger partial charge in [0, 0.05) is 5.69 Å². The Morgan fingerprint density at radius 3 is 2.09 bits per heavy atom. The van der Waals surface area contributed by atoms with Crippen LogP contribution in [0.5, 0.6) is 0 Å². The maximum absolute atomic E-state index is 12.2. The quantitative estimate of drug-likeness (QED) is 0.696. The van der Waals surface area contributed by atoms with Gasteiger partial charge in [-0.1, -0.05) is 6.07 Å². The van der Waals surface area contributed by atoms with Gasteiger partial charge in [-0.3, -0.25) is 19.3 Å². The number of hydrogen-bond donors (Lipinski definition) is 3. The Labute approximate surface area is 128 Å². The maximum Gasteiger partial charge on any atom is 0.317 e. The summed E-state index contributed by atoms with van der Waals surface area (Å²) >= 11 is 0. The van der Waals surface area contributed by atoms with Crippen molar-refractivity contribution in [2.45, 2.75) is 26.8 Å². The number of nitrogens with zero attached hydrogens (tertiary/aromatic N) is 1. The van der Waals surface area contributed by atoms with Crippen molar-refractivity contribution in [2.75, 3.05) is 18.4 Å². The van der Waals surface area contributed by atoms with Gasteiger partial charge in [-0.05, 0) is 44.0 Å². The summed E-state index contributed by atoms with van der Waals surface area (Å²) in [7, 11) is 0. The van der Waals surface area contributed by atoms with Crippen LogP contribution < -0.4 is 5.32 Å². The van der Waals surface area contributed by atoms with E-state index in [2.05, 4.69) is 5.32 Å². The number of amides is 1. The molecular weight excluding hydrogens is 288 g/mol. The zero-order valence-electron chi connectivity index (χ0n) is 12.8. The zero-order valence-corrected chi connectivity index (χ0v) is 12.8. The Bertz CT molecular complexity index is 569. The van der Waals surface area contributed by atoms with Crippen LogP contribution >= 0.6 is 0 Å². The third-order valence-corrected chi connectivity index (χ3v) is 3.38. The molecule has 7 nitrogen and oxygen atoms in total. The van der Waals surface area contributed by atoms with E-state index in [-0.39, 0.29) is 0 Å². The summed E-state index contributed by atoms with van der Waals surface area (Å²) in [5.41, 5.74) is 2.69. The van der Waals surface area contributed by atoms with Crippen LogP contribution in [0.1, 0.15) is 18.1 Å². The predicted molar refractivity (Wildman–Crippen MR) is 80.9 cm³/mol. The van der Waals surface area contributed by atoms with E-state index >= 15 is 0 Å². The molecule has 1 aromatic rings. The summed E-state index contributed by atoms with van der Waals surface area (Å²) in [6, 6.07) is 4.53. The van der Waals surface area contributed by atoms with Crippen molar-refractivity contribution >= 4 is 23.5 Å². The molecule has 1 atom stereocenters. The normalized spacial score (nSPS) is 12.0. The number of hydrogen-bond acceptors (Lipinski definition) is 4. The van der Waals surface area contributed by atoms with Crippen molar-refractivity contribution in [3.05, 3.63) is 29.3 Å². The molecule has 0 aliphatic heterocycles. The van der Waals surface area contributed by atoms with E-state index in [1.54, 1.807) is 12.1 Å². The summed E-state index contributed by atoms with van der Waals surface area (Å²) in [4.78, 5) is 34.8. The molecule has 1 unspecified atom stereocenters. The second kappa shape index (κ2) is 7.56. The number of aliphatic carboxylic acids is 2. The molecule has 1 amide bonds. The number of nitrogens with one attached hydrogen (secondary N) is 1. The van der Waals surface area contributed by atoms with Gasteiger partial charge in [-0.2, -0.15) is 0 Å². The molecule has 3 N–H and O–H groups in total. The number of rotatable bonds is 7. The van der Waals surface area contributed by atoms with Crippen LogP contribution in [0.4, 0.5) is 5.69 Å². The zero-order chi connectivity index (χ0) is 16.9. The highest BCUT2D eigenvalue weighted by Crippen LogP contribution is 2.15. The first-order valence-corrected chi connectivity index (χ1v) is 6.76. The molecule has 0 saturated heterocycles. The molecule has 0 fully saturated rings. The van der Waals surface area contributed by atoms with Crippen molar-refractivity contribution in [1.29, 1.82) is 0 Å². The van der Waals surface area contributed by atoms with Gasteiger partial charge in [-0.25, -0.2) is 0 Å². The Hall–Kier alpha value is -2.41. The minimum Gasteiger partial charge on any atom is -0.480 e. The van der Waals surface area contributed by atoms with E-state index in [9.17, 15) is 14.4 Å². The van der Waals surface area contributed by atoms with Crippen LogP contribution in [0.15, 0.2) is 18.2 Å². The lowest BCUT2D eigenvalue weighted by atomic mass is 10.1. The highest BCUT2D eigenvalue weighted by atomic mass is 16.4. The van der Waals surface area contributed by atoms with E-state index in [1.165, 1.54) is 6.92 Å². The molecule has 0 heterocycles. The van der Waals surface area contributed by atoms with Crippen molar-refractivity contribution < 1.29 is 24.6 Å². The molecule has 7 heteroatoms. The molecule has 1 aromatic carbocycles. The second-order valence-electron chi connectivity index (χ2n) is 5.16. The fourth-order valence-electron chi connectivity index (χ4n) is 1.91. The van der Waals surface area contributed by atoms with Gasteiger partial charge in [0.1, 0.15) is 0 Å². The third-order valence-electron chi connectivity index (χ3n) is 3.38. The largest absolute Gasteiger partial charge is 0.480 e. The SMILES string of the molecule is Cc1ccc(NC(=O)C(C)N(CC(=O)O)CC(=O)O)cc1C. The first kappa shape index (κ1) is 17.6. The van der Waals surface area contributed by atoms with Gasteiger partial charge in [0.2, 0.25) is 5.91 Å². The van der Waals surface area contributed by atoms with Crippen LogP contribution in [-0.2, 0) is 14.4 Å². The summed E-state index contributed by atoms with van der Waals surface area (Å²) in [6.45, 7) is 4.30. The second-order valence-corrected chi connectivity index (χ2v) is 5.16. The number of carbonyl (C=O) groups is 3. The first-order valence-electron chi connectivity index (χ1n) is 6.76. The number of benzene rings is 1. The van der Waals surface area contributed by atoms with Crippen molar-refractivity contribution in [3.8, 4) is 0 Å². The van der Waals surface area contributed by atoms with E-state index in [0.29, 0.717) is 5.69 Å². The maximum atomic E-state index is 12.2. The average molecular weight is 308 g/mol. The van der Waals surface area contributed by atoms with Crippen LogP contribution in [0.3, 0.4) is 0 Å². The minimum atomic E-state index is -1.19. The highest BCUT2D eigenvalue weighted by molar-refractivity contribution is 5.95. The van der Waals surface area contributed by atoms with Gasteiger partial charge in [0.05, 0.1) is 19.1 Å². The van der Waals surface area contributed by atoms with Crippen LogP contribution in [0.2, 0.25) is 0 Å². The number of carboxylic acids is 2. The molecule has 0 aliphatic carbocycles. The fourth-order valence-corrected chi connectivity index (χ4v) is 1.91. The summed E-state index contributed by atoms with van der Waals surface area (Å²) < 4.78 is 0. The van der Waals surface area contributed by atoms with Gasteiger partial charge < -0.3 is 15.5 Å². The third kappa shape index (κ3) is 5.17. The highest BCUT2D eigenvalue weighted by Gasteiger charge is 2.25. The van der Waals surface area contributed by atoms with Gasteiger partial charge in [0.25, 0.3) is 0 Å². The molecular formula is C15H20N2O5. The van der Waals surface area contributed by atoms with Crippen LogP contribution in [0, 0.1) is 13.8 Å². The molecule has 0 bridgehead atoms. The summed E-state index contributed by atoms with van der Waals surface area (Å²) in [6.07, 6.45) is 0. The van der Waals surface area contributed by atoms with E-state index in [0.717, 1.165) is 16.0 Å². The smallest absolute Gasteiger partial charge is 0.317 e. The van der Waals surface area contributed by atoms with E-state index in [4.69, 9.17) is 10.2 Å². The number of carbonyl (C=O) groups excluding carboxylic acids is 1. The van der Waals surface area contributed by atoms with E-state index < -0.39 is 37.0 Å². The number of aryl methyl sites for hydroxylation is 2. The standard InChI is InChI=1S/C15H20N2O5/c1-9-4-5-12(6-10(9)2)16-15(22)11(3)17(7-13(18)19)8-14(20)21/h4-6,11H,7-8H2,1-3H3,(H,16,22)(H,18,19)(H,20,21). The summed E-state index contributed by atoms with van der Waals surface area (Å²) in [5.74, 6) is -2.83. The fraction of sp³-hybridized carbons (Fsp3) is 0.400. The van der Waals surface area contributed by atoms with Gasteiger partial charge in [-0.15, -0.1) is 0 Å². The van der Waals surface area contributed by atoms with Gasteiger partial charge in [0.15, 0.2) is 0 Å². The average Bonchev–Trinajstić information content (AvgIpc) is 2.40. The molecule has 0 saturated carbocycles. The molecule has 0 radical (unpaired) electrons. The Balaban J connectivity index is 2.81. The van der Waals surface area contributed by atoms with Crippen molar-refractivity contribution in [1.82, 2.24) is 4.90 Å². The van der Waals surface area contributed by atoms with Crippen LogP contribution in [-0.4, -0.2) is 52.1 Å². The lowest BCUT2D eigenvalue weighted by Gasteiger charge is -2.24. The lowest BCUT2D eigenvalue weighted by molar-refractivity contribution is -0.143. The van der Waals surface area contributed by atoms with Crippen molar-refractivity contribution in [2.24, 2.45) is 0 Å². The minimum absolute atomic E-state index is 0.453. The Morgan fingerprint density at radius 2 is 1.64 bits per heavy atom. The summed E-state index contributed by atoms with van der Waals surface area (Å²) in [5, 5.41) is 20.3. The lowest BCUT2D eigenvalue weighted by Crippen LogP contribution is -2.46. The number of anilines is 1. The molecule has 0 spiro atoms. The first-order chi connectivity index (χ1) is 10.2. The van der Waals surface area contributed by atoms with Gasteiger partial charge >= 0.3 is 11.9 Å².